The maximum Gasteiger partial charge on any atom is 0.493 e. The predicted molar refractivity (Wildman–Crippen MR) is 157 cm³/mol. The first kappa shape index (κ1) is 27.8. The molecule has 212 valence electrons. The van der Waals surface area contributed by atoms with Gasteiger partial charge in [0, 0.05) is 41.1 Å². The third kappa shape index (κ3) is 5.12. The number of nitrogens with zero attached hydrogens (tertiary/aromatic N) is 1. The molecule has 2 heterocycles. The van der Waals surface area contributed by atoms with Crippen LogP contribution in [0.4, 0.5) is 10.1 Å². The molecule has 6 rings (SSSR count). The van der Waals surface area contributed by atoms with E-state index < -0.39 is 29.1 Å². The van der Waals surface area contributed by atoms with Crippen LogP contribution in [0.2, 0.25) is 5.02 Å². The first-order valence-electron chi connectivity index (χ1n) is 13.2. The summed E-state index contributed by atoms with van der Waals surface area (Å²) in [6.45, 7) is 0.0707. The molecular weight excluding hydrogens is 570 g/mol. The second-order valence-corrected chi connectivity index (χ2v) is 12.7. The summed E-state index contributed by atoms with van der Waals surface area (Å²) < 4.78 is 53.3. The topological polar surface area (TPSA) is 109 Å². The highest BCUT2D eigenvalue weighted by Crippen LogP contribution is 2.48. The van der Waals surface area contributed by atoms with Crippen molar-refractivity contribution in [1.29, 1.82) is 0 Å². The molecule has 1 atom stereocenters. The van der Waals surface area contributed by atoms with Gasteiger partial charge in [-0.3, -0.25) is 9.10 Å². The zero-order chi connectivity index (χ0) is 29.1. The quantitative estimate of drug-likeness (QED) is 0.284. The van der Waals surface area contributed by atoms with Crippen LogP contribution in [0, 0.1) is 5.82 Å². The minimum atomic E-state index is -3.76. The van der Waals surface area contributed by atoms with Crippen molar-refractivity contribution >= 4 is 56.8 Å². The van der Waals surface area contributed by atoms with Crippen molar-refractivity contribution in [3.63, 3.8) is 0 Å². The number of anilines is 1. The Labute approximate surface area is 242 Å². The predicted octanol–water partition coefficient (Wildman–Crippen LogP) is 4.74. The Morgan fingerprint density at radius 2 is 1.90 bits per heavy atom. The zero-order valence-electron chi connectivity index (χ0n) is 22.4. The Bertz CT molecular complexity index is 1770. The molecule has 1 aromatic heterocycles. The van der Waals surface area contributed by atoms with Crippen molar-refractivity contribution in [3.05, 3.63) is 82.1 Å². The van der Waals surface area contributed by atoms with Crippen LogP contribution in [-0.2, 0) is 14.7 Å². The highest BCUT2D eigenvalue weighted by atomic mass is 35.5. The minimum absolute atomic E-state index is 0.0707. The number of carbonyl (C=O) groups is 1. The Hall–Kier alpha value is -3.38. The fourth-order valence-electron chi connectivity index (χ4n) is 5.56. The molecule has 2 aliphatic rings. The lowest BCUT2D eigenvalue weighted by molar-refractivity contribution is 0.0964. The molecule has 12 heteroatoms. The molecule has 2 N–H and O–H groups in total. The number of hydrogen-bond acceptors (Lipinski definition) is 6. The molecule has 4 aromatic rings. The number of halogens is 2. The van der Waals surface area contributed by atoms with Gasteiger partial charge in [0.1, 0.15) is 17.2 Å². The fraction of sp³-hybridized carbons (Fsp3) is 0.276. The van der Waals surface area contributed by atoms with E-state index in [1.165, 1.54) is 35.6 Å². The van der Waals surface area contributed by atoms with Crippen LogP contribution in [-0.4, -0.2) is 46.3 Å². The minimum Gasteiger partial charge on any atom is -0.455 e. The highest BCUT2D eigenvalue weighted by Gasteiger charge is 2.38. The van der Waals surface area contributed by atoms with Gasteiger partial charge in [0.05, 0.1) is 23.6 Å². The lowest BCUT2D eigenvalue weighted by Gasteiger charge is -2.26. The summed E-state index contributed by atoms with van der Waals surface area (Å²) in [5, 5.41) is 14.0. The standard InChI is InChI=1S/C29H27BClFN2O6S/c1-33-29(35)26-21-14-20(16-6-7-16)23(15-25(21)39-28(26)17-8-10-18(32)11-9-17)34(41(2,37)38)13-12-24-19-4-3-5-22(31)27(19)30(36)40-24/h3-5,8-11,14-16,24,36H,6-7,12-13H2,1-2H3,(H,33,35). The smallest absolute Gasteiger partial charge is 0.455 e. The number of fused-ring (bicyclic) bond motifs is 2. The van der Waals surface area contributed by atoms with Gasteiger partial charge in [-0.05, 0) is 72.7 Å². The molecule has 1 aliphatic carbocycles. The third-order valence-electron chi connectivity index (χ3n) is 7.65. The van der Waals surface area contributed by atoms with Crippen molar-refractivity contribution in [2.75, 3.05) is 24.2 Å². The van der Waals surface area contributed by atoms with Crippen molar-refractivity contribution in [3.8, 4) is 11.3 Å². The van der Waals surface area contributed by atoms with E-state index in [0.29, 0.717) is 38.3 Å². The van der Waals surface area contributed by atoms with Gasteiger partial charge in [-0.25, -0.2) is 12.8 Å². The summed E-state index contributed by atoms with van der Waals surface area (Å²) in [5.41, 5.74) is 3.64. The molecule has 1 saturated carbocycles. The number of nitrogens with one attached hydrogen (secondary N) is 1. The highest BCUT2D eigenvalue weighted by molar-refractivity contribution is 7.92. The molecule has 1 fully saturated rings. The molecular formula is C29H27BClFN2O6S. The molecule has 3 aromatic carbocycles. The summed E-state index contributed by atoms with van der Waals surface area (Å²) in [6, 6.07) is 14.4. The Kier molecular flexibility index (Phi) is 7.09. The molecule has 1 unspecified atom stereocenters. The molecule has 0 radical (unpaired) electrons. The van der Waals surface area contributed by atoms with Crippen LogP contribution in [0.25, 0.3) is 22.3 Å². The summed E-state index contributed by atoms with van der Waals surface area (Å²) in [6.07, 6.45) is 2.63. The van der Waals surface area contributed by atoms with E-state index in [2.05, 4.69) is 5.32 Å². The molecule has 0 bridgehead atoms. The summed E-state index contributed by atoms with van der Waals surface area (Å²) >= 11 is 6.27. The molecule has 1 amide bonds. The second kappa shape index (κ2) is 10.5. The summed E-state index contributed by atoms with van der Waals surface area (Å²) in [5.74, 6) is -0.389. The van der Waals surface area contributed by atoms with Crippen LogP contribution in [0.3, 0.4) is 0 Å². The number of furan rings is 1. The maximum absolute atomic E-state index is 13.6. The Morgan fingerprint density at radius 3 is 2.56 bits per heavy atom. The van der Waals surface area contributed by atoms with Crippen LogP contribution in [0.15, 0.2) is 59.0 Å². The summed E-state index contributed by atoms with van der Waals surface area (Å²) in [7, 11) is -3.43. The maximum atomic E-state index is 13.6. The lowest BCUT2D eigenvalue weighted by atomic mass is 9.79. The second-order valence-electron chi connectivity index (χ2n) is 10.4. The van der Waals surface area contributed by atoms with Gasteiger partial charge in [0.25, 0.3) is 5.91 Å². The number of rotatable bonds is 8. The zero-order valence-corrected chi connectivity index (χ0v) is 23.9. The van der Waals surface area contributed by atoms with Gasteiger partial charge in [-0.2, -0.15) is 0 Å². The van der Waals surface area contributed by atoms with E-state index in [0.717, 1.165) is 30.2 Å². The third-order valence-corrected chi connectivity index (χ3v) is 9.16. The van der Waals surface area contributed by atoms with Crippen LogP contribution in [0.5, 0.6) is 0 Å². The number of benzene rings is 3. The number of amides is 1. The van der Waals surface area contributed by atoms with Crippen LogP contribution in [0.1, 0.15) is 52.8 Å². The van der Waals surface area contributed by atoms with E-state index in [9.17, 15) is 22.6 Å². The SMILES string of the molecule is CNC(=O)c1c(-c2ccc(F)cc2)oc2cc(N(CCC3OB(O)c4c(Cl)cccc43)S(C)(=O)=O)c(C3CC3)cc12. The Balaban J connectivity index is 1.44. The lowest BCUT2D eigenvalue weighted by Crippen LogP contribution is -2.32. The monoisotopic (exact) mass is 596 g/mol. The van der Waals surface area contributed by atoms with Gasteiger partial charge < -0.3 is 19.4 Å². The van der Waals surface area contributed by atoms with Gasteiger partial charge >= 0.3 is 7.12 Å². The van der Waals surface area contributed by atoms with Gasteiger partial charge in [-0.15, -0.1) is 0 Å². The van der Waals surface area contributed by atoms with E-state index in [-0.39, 0.29) is 30.6 Å². The van der Waals surface area contributed by atoms with Gasteiger partial charge in [-0.1, -0.05) is 23.7 Å². The number of carbonyl (C=O) groups excluding carboxylic acids is 1. The largest absolute Gasteiger partial charge is 0.493 e. The van der Waals surface area contributed by atoms with Crippen molar-refractivity contribution in [1.82, 2.24) is 5.32 Å². The molecule has 41 heavy (non-hydrogen) atoms. The fourth-order valence-corrected chi connectivity index (χ4v) is 6.78. The first-order chi connectivity index (χ1) is 19.6. The van der Waals surface area contributed by atoms with Gasteiger partial charge in [0.15, 0.2) is 0 Å². The normalized spacial score (nSPS) is 16.7. The van der Waals surface area contributed by atoms with Crippen LogP contribution >= 0.6 is 11.6 Å². The van der Waals surface area contributed by atoms with E-state index in [4.69, 9.17) is 20.7 Å². The average Bonchev–Trinajstić information content (AvgIpc) is 3.63. The first-order valence-corrected chi connectivity index (χ1v) is 15.5. The number of sulfonamides is 1. The van der Waals surface area contributed by atoms with E-state index >= 15 is 0 Å². The van der Waals surface area contributed by atoms with E-state index in [1.54, 1.807) is 18.2 Å². The van der Waals surface area contributed by atoms with E-state index in [1.807, 2.05) is 12.1 Å². The molecule has 8 nitrogen and oxygen atoms in total. The van der Waals surface area contributed by atoms with Crippen molar-refractivity contribution < 1.29 is 31.7 Å². The average molecular weight is 597 g/mol. The van der Waals surface area contributed by atoms with Crippen molar-refractivity contribution in [2.24, 2.45) is 0 Å². The van der Waals surface area contributed by atoms with Gasteiger partial charge in [0.2, 0.25) is 10.0 Å². The summed E-state index contributed by atoms with van der Waals surface area (Å²) in [4.78, 5) is 13.0. The Morgan fingerprint density at radius 1 is 1.17 bits per heavy atom. The molecule has 0 spiro atoms. The molecule has 0 saturated heterocycles. The number of hydrogen-bond donors (Lipinski definition) is 2. The van der Waals surface area contributed by atoms with Crippen molar-refractivity contribution in [2.45, 2.75) is 31.3 Å². The molecule has 1 aliphatic heterocycles. The van der Waals surface area contributed by atoms with Crippen LogP contribution < -0.4 is 15.1 Å².